The van der Waals surface area contributed by atoms with Gasteiger partial charge in [0.25, 0.3) is 0 Å². The zero-order valence-corrected chi connectivity index (χ0v) is 8.22. The lowest BCUT2D eigenvalue weighted by Gasteiger charge is -2.22. The van der Waals surface area contributed by atoms with Gasteiger partial charge in [-0.1, -0.05) is 12.1 Å². The van der Waals surface area contributed by atoms with E-state index in [9.17, 15) is 13.2 Å². The van der Waals surface area contributed by atoms with E-state index < -0.39 is 11.7 Å². The molecule has 0 bridgehead atoms. The molecule has 0 saturated carbocycles. The van der Waals surface area contributed by atoms with Crippen molar-refractivity contribution in [3.63, 3.8) is 0 Å². The van der Waals surface area contributed by atoms with Crippen molar-refractivity contribution in [1.29, 1.82) is 0 Å². The summed E-state index contributed by atoms with van der Waals surface area (Å²) in [5, 5.41) is 0. The van der Waals surface area contributed by atoms with Crippen LogP contribution in [0.3, 0.4) is 0 Å². The van der Waals surface area contributed by atoms with Gasteiger partial charge in [-0.3, -0.25) is 0 Å². The molecule has 1 nitrogen and oxygen atoms in total. The average molecular weight is 215 g/mol. The topological polar surface area (TPSA) is 3.24 Å². The molecule has 1 aromatic carbocycles. The second kappa shape index (κ2) is 3.76. The number of hydrogen-bond acceptors (Lipinski definition) is 1. The molecule has 1 aromatic rings. The summed E-state index contributed by atoms with van der Waals surface area (Å²) in [6.07, 6.45) is -2.29. The van der Waals surface area contributed by atoms with Crippen molar-refractivity contribution in [3.05, 3.63) is 29.8 Å². The molecule has 1 fully saturated rings. The van der Waals surface area contributed by atoms with Crippen molar-refractivity contribution < 1.29 is 13.2 Å². The fraction of sp³-hybridized carbons (Fsp3) is 0.455. The van der Waals surface area contributed by atoms with Gasteiger partial charge in [0.15, 0.2) is 0 Å². The van der Waals surface area contributed by atoms with E-state index in [2.05, 4.69) is 0 Å². The summed E-state index contributed by atoms with van der Waals surface area (Å²) in [6, 6.07) is 5.78. The molecule has 1 aliphatic heterocycles. The van der Waals surface area contributed by atoms with Gasteiger partial charge in [-0.15, -0.1) is 0 Å². The monoisotopic (exact) mass is 215 g/mol. The Hall–Kier alpha value is -1.19. The maximum atomic E-state index is 12.7. The number of rotatable bonds is 1. The molecular weight excluding hydrogens is 203 g/mol. The molecular formula is C11H12F3N. The SMILES string of the molecule is FC(F)(F)c1ccccc1N1CCCC1. The summed E-state index contributed by atoms with van der Waals surface area (Å²) in [5.41, 5.74) is -0.200. The van der Waals surface area contributed by atoms with Gasteiger partial charge in [0.1, 0.15) is 0 Å². The Morgan fingerprint density at radius 3 is 2.20 bits per heavy atom. The van der Waals surface area contributed by atoms with Gasteiger partial charge in [0.2, 0.25) is 0 Å². The van der Waals surface area contributed by atoms with Crippen LogP contribution in [-0.2, 0) is 6.18 Å². The molecule has 0 aliphatic carbocycles. The molecule has 0 N–H and O–H groups in total. The first-order valence-corrected chi connectivity index (χ1v) is 5.00. The Bertz CT molecular complexity index is 340. The summed E-state index contributed by atoms with van der Waals surface area (Å²) in [6.45, 7) is 1.46. The number of benzene rings is 1. The quantitative estimate of drug-likeness (QED) is 0.694. The van der Waals surface area contributed by atoms with Crippen molar-refractivity contribution in [3.8, 4) is 0 Å². The Morgan fingerprint density at radius 1 is 1.00 bits per heavy atom. The van der Waals surface area contributed by atoms with Crippen LogP contribution in [0.5, 0.6) is 0 Å². The fourth-order valence-corrected chi connectivity index (χ4v) is 1.95. The van der Waals surface area contributed by atoms with E-state index in [4.69, 9.17) is 0 Å². The molecule has 4 heteroatoms. The minimum atomic E-state index is -4.25. The second-order valence-corrected chi connectivity index (χ2v) is 3.71. The molecule has 0 radical (unpaired) electrons. The minimum Gasteiger partial charge on any atom is -0.371 e. The zero-order valence-electron chi connectivity index (χ0n) is 8.22. The van der Waals surface area contributed by atoms with E-state index >= 15 is 0 Å². The maximum Gasteiger partial charge on any atom is 0.418 e. The third-order valence-corrected chi connectivity index (χ3v) is 2.66. The van der Waals surface area contributed by atoms with E-state index in [0.29, 0.717) is 5.69 Å². The number of nitrogens with zero attached hydrogens (tertiary/aromatic N) is 1. The van der Waals surface area contributed by atoms with Crippen molar-refractivity contribution in [2.75, 3.05) is 18.0 Å². The van der Waals surface area contributed by atoms with Crippen LogP contribution in [0.2, 0.25) is 0 Å². The molecule has 0 aromatic heterocycles. The lowest BCUT2D eigenvalue weighted by atomic mass is 10.1. The number of halogens is 3. The first-order valence-electron chi connectivity index (χ1n) is 5.00. The zero-order chi connectivity index (χ0) is 10.9. The van der Waals surface area contributed by atoms with Crippen LogP contribution < -0.4 is 4.90 Å². The van der Waals surface area contributed by atoms with E-state index in [1.807, 2.05) is 4.90 Å². The Morgan fingerprint density at radius 2 is 1.60 bits per heavy atom. The van der Waals surface area contributed by atoms with E-state index in [1.54, 1.807) is 12.1 Å². The highest BCUT2D eigenvalue weighted by molar-refractivity contribution is 5.55. The Labute approximate surface area is 86.5 Å². The van der Waals surface area contributed by atoms with Crippen LogP contribution in [0.15, 0.2) is 24.3 Å². The number of hydrogen-bond donors (Lipinski definition) is 0. The second-order valence-electron chi connectivity index (χ2n) is 3.71. The smallest absolute Gasteiger partial charge is 0.371 e. The standard InChI is InChI=1S/C11H12F3N/c12-11(13,14)9-5-1-2-6-10(9)15-7-3-4-8-15/h1-2,5-6H,3-4,7-8H2. The van der Waals surface area contributed by atoms with Gasteiger partial charge in [-0.25, -0.2) is 0 Å². The molecule has 1 aliphatic rings. The van der Waals surface area contributed by atoms with Gasteiger partial charge >= 0.3 is 6.18 Å². The third kappa shape index (κ3) is 2.08. The largest absolute Gasteiger partial charge is 0.418 e. The fourth-order valence-electron chi connectivity index (χ4n) is 1.95. The molecule has 0 atom stereocenters. The molecule has 0 amide bonds. The van der Waals surface area contributed by atoms with Gasteiger partial charge < -0.3 is 4.90 Å². The first kappa shape index (κ1) is 10.3. The molecule has 0 spiro atoms. The van der Waals surface area contributed by atoms with Crippen LogP contribution in [-0.4, -0.2) is 13.1 Å². The highest BCUT2D eigenvalue weighted by Crippen LogP contribution is 2.37. The lowest BCUT2D eigenvalue weighted by Crippen LogP contribution is -2.21. The summed E-state index contributed by atoms with van der Waals surface area (Å²) in [5.74, 6) is 0. The van der Waals surface area contributed by atoms with Gasteiger partial charge in [-0.05, 0) is 25.0 Å². The molecule has 15 heavy (non-hydrogen) atoms. The van der Waals surface area contributed by atoms with Crippen LogP contribution in [0.4, 0.5) is 18.9 Å². The summed E-state index contributed by atoms with van der Waals surface area (Å²) >= 11 is 0. The normalized spacial score (nSPS) is 17.1. The molecule has 82 valence electrons. The van der Waals surface area contributed by atoms with E-state index in [1.165, 1.54) is 6.07 Å². The van der Waals surface area contributed by atoms with E-state index in [-0.39, 0.29) is 0 Å². The molecule has 2 rings (SSSR count). The summed E-state index contributed by atoms with van der Waals surface area (Å²) in [7, 11) is 0. The number of para-hydroxylation sites is 1. The molecule has 1 saturated heterocycles. The Kier molecular flexibility index (Phi) is 2.59. The Balaban J connectivity index is 2.37. The maximum absolute atomic E-state index is 12.7. The molecule has 0 unspecified atom stereocenters. The predicted octanol–water partition coefficient (Wildman–Crippen LogP) is 3.31. The van der Waals surface area contributed by atoms with Crippen molar-refractivity contribution >= 4 is 5.69 Å². The van der Waals surface area contributed by atoms with Crippen LogP contribution in [0.25, 0.3) is 0 Å². The van der Waals surface area contributed by atoms with E-state index in [0.717, 1.165) is 32.0 Å². The highest BCUT2D eigenvalue weighted by Gasteiger charge is 2.34. The van der Waals surface area contributed by atoms with Crippen molar-refractivity contribution in [1.82, 2.24) is 0 Å². The van der Waals surface area contributed by atoms with Gasteiger partial charge in [0.05, 0.1) is 5.56 Å². The number of anilines is 1. The lowest BCUT2D eigenvalue weighted by molar-refractivity contribution is -0.137. The first-order chi connectivity index (χ1) is 7.09. The summed E-state index contributed by atoms with van der Waals surface area (Å²) in [4.78, 5) is 1.81. The highest BCUT2D eigenvalue weighted by atomic mass is 19.4. The third-order valence-electron chi connectivity index (χ3n) is 2.66. The van der Waals surface area contributed by atoms with Crippen molar-refractivity contribution in [2.24, 2.45) is 0 Å². The van der Waals surface area contributed by atoms with Gasteiger partial charge in [0, 0.05) is 18.8 Å². The van der Waals surface area contributed by atoms with Crippen LogP contribution in [0, 0.1) is 0 Å². The van der Waals surface area contributed by atoms with Crippen LogP contribution >= 0.6 is 0 Å². The minimum absolute atomic E-state index is 0.322. The van der Waals surface area contributed by atoms with Crippen molar-refractivity contribution in [2.45, 2.75) is 19.0 Å². The molecule has 1 heterocycles. The predicted molar refractivity (Wildman–Crippen MR) is 52.9 cm³/mol. The van der Waals surface area contributed by atoms with Gasteiger partial charge in [-0.2, -0.15) is 13.2 Å². The average Bonchev–Trinajstić information content (AvgIpc) is 2.69. The van der Waals surface area contributed by atoms with Crippen LogP contribution in [0.1, 0.15) is 18.4 Å². The number of alkyl halides is 3. The summed E-state index contributed by atoms with van der Waals surface area (Å²) < 4.78 is 38.0.